The normalized spacial score (nSPS) is 14.8. The number of rotatable bonds is 17. The summed E-state index contributed by atoms with van der Waals surface area (Å²) in [6, 6.07) is 0. The van der Waals surface area contributed by atoms with Crippen molar-refractivity contribution in [3.05, 3.63) is 50.5 Å². The first kappa shape index (κ1) is 34.7. The van der Waals surface area contributed by atoms with E-state index in [2.05, 4.69) is 47.9 Å². The molecule has 0 radical (unpaired) electrons. The van der Waals surface area contributed by atoms with Crippen LogP contribution in [-0.4, -0.2) is 36.8 Å². The van der Waals surface area contributed by atoms with Gasteiger partial charge >= 0.3 is 16.1 Å². The average Bonchev–Trinajstić information content (AvgIpc) is 2.84. The lowest BCUT2D eigenvalue weighted by molar-refractivity contribution is -0.123. The Labute approximate surface area is 205 Å². The summed E-state index contributed by atoms with van der Waals surface area (Å²) in [5, 5.41) is 9.41. The molecular formula is C23H42O9P2. The second-order valence-corrected chi connectivity index (χ2v) is 9.39. The highest BCUT2D eigenvalue weighted by atomic mass is 31.2. The van der Waals surface area contributed by atoms with Gasteiger partial charge in [-0.3, -0.25) is 18.4 Å². The van der Waals surface area contributed by atoms with Crippen LogP contribution >= 0.6 is 16.1 Å². The van der Waals surface area contributed by atoms with E-state index in [0.717, 1.165) is 44.3 Å². The zero-order chi connectivity index (χ0) is 26.1. The molecule has 1 rings (SSSR count). The summed E-state index contributed by atoms with van der Waals surface area (Å²) in [5.74, 6) is -0.601. The fourth-order valence-corrected chi connectivity index (χ4v) is 3.82. The lowest BCUT2D eigenvalue weighted by Crippen LogP contribution is -2.24. The molecule has 9 nitrogen and oxygen atoms in total. The lowest BCUT2D eigenvalue weighted by Gasteiger charge is -2.18. The molecule has 0 aromatic carbocycles. The van der Waals surface area contributed by atoms with Crippen LogP contribution in [0.4, 0.5) is 0 Å². The molecule has 0 aliphatic heterocycles. The van der Waals surface area contributed by atoms with Gasteiger partial charge in [0.05, 0.1) is 32.3 Å². The van der Waals surface area contributed by atoms with Gasteiger partial charge in [-0.25, -0.2) is 9.13 Å². The molecule has 0 aromatic heterocycles. The zero-order valence-corrected chi connectivity index (χ0v) is 22.4. The minimum atomic E-state index is -3.72. The molecule has 2 unspecified atom stereocenters. The number of carbonyl (C=O) groups is 1. The van der Waals surface area contributed by atoms with Crippen molar-refractivity contribution >= 4 is 21.9 Å². The van der Waals surface area contributed by atoms with Crippen LogP contribution in [0, 0.1) is 0 Å². The molecule has 1 N–H and O–H groups in total. The quantitative estimate of drug-likeness (QED) is 0.0731. The van der Waals surface area contributed by atoms with Gasteiger partial charge in [-0.2, -0.15) is 0 Å². The van der Waals surface area contributed by atoms with E-state index in [1.807, 2.05) is 0 Å². The Morgan fingerprint density at radius 1 is 1.03 bits per heavy atom. The average molecular weight is 525 g/mol. The van der Waals surface area contributed by atoms with Gasteiger partial charge in [-0.1, -0.05) is 58.1 Å². The van der Waals surface area contributed by atoms with E-state index in [0.29, 0.717) is 0 Å². The molecule has 0 saturated carbocycles. The van der Waals surface area contributed by atoms with Crippen molar-refractivity contribution in [2.45, 2.75) is 71.3 Å². The molecule has 0 amide bonds. The molecule has 0 aromatic rings. The molecule has 0 spiro atoms. The van der Waals surface area contributed by atoms with Gasteiger partial charge in [0, 0.05) is 0 Å². The molecule has 34 heavy (non-hydrogen) atoms. The van der Waals surface area contributed by atoms with Crippen molar-refractivity contribution in [1.29, 1.82) is 0 Å². The van der Waals surface area contributed by atoms with Gasteiger partial charge in [0.15, 0.2) is 5.78 Å². The third-order valence-electron chi connectivity index (χ3n) is 3.97. The number of allylic oxidation sites excluding steroid dienone is 2. The number of phosphoric acid groups is 1. The Balaban J connectivity index is 0. The number of ketones is 1. The van der Waals surface area contributed by atoms with Crippen LogP contribution in [0.5, 0.6) is 0 Å². The Bertz CT molecular complexity index is 630. The fraction of sp³-hybridized carbons (Fsp3) is 0.609. The van der Waals surface area contributed by atoms with Crippen LogP contribution in [0.2, 0.25) is 0 Å². The molecule has 0 saturated heterocycles. The molecule has 0 fully saturated rings. The zero-order valence-electron chi connectivity index (χ0n) is 20.5. The van der Waals surface area contributed by atoms with Crippen LogP contribution in [0.3, 0.4) is 0 Å². The number of aliphatic hydroxyl groups excluding tert-OH is 1. The van der Waals surface area contributed by atoms with Crippen molar-refractivity contribution in [2.24, 2.45) is 0 Å². The number of aliphatic hydroxyl groups is 1. The van der Waals surface area contributed by atoms with Crippen LogP contribution in [0.25, 0.3) is 0 Å². The van der Waals surface area contributed by atoms with E-state index in [-0.39, 0.29) is 13.2 Å². The molecule has 2 atom stereocenters. The maximum atomic E-state index is 12.1. The van der Waals surface area contributed by atoms with Crippen LogP contribution < -0.4 is 0 Å². The van der Waals surface area contributed by atoms with Crippen molar-refractivity contribution in [3.8, 4) is 0 Å². The van der Waals surface area contributed by atoms with Gasteiger partial charge in [0.1, 0.15) is 6.10 Å². The minimum absolute atomic E-state index is 0.151. The highest BCUT2D eigenvalue weighted by Gasteiger charge is 2.28. The second kappa shape index (κ2) is 24.6. The van der Waals surface area contributed by atoms with Crippen LogP contribution in [0.15, 0.2) is 50.5 Å². The van der Waals surface area contributed by atoms with Crippen molar-refractivity contribution in [2.75, 3.05) is 19.8 Å². The van der Waals surface area contributed by atoms with Gasteiger partial charge in [0.25, 0.3) is 0 Å². The summed E-state index contributed by atoms with van der Waals surface area (Å²) in [6.07, 6.45) is 15.6. The third-order valence-corrected chi connectivity index (χ3v) is 6.23. The van der Waals surface area contributed by atoms with E-state index >= 15 is 0 Å². The summed E-state index contributed by atoms with van der Waals surface area (Å²) in [5.41, 5.74) is 0. The standard InChI is InChI=1S/C13H25O6P.C6H10.C4H7O3P/c1-4-7-8-9-10-18-20(16,17-6-3)19-11-13(15)12(14)5-2;1-2-4-6-5-3-1;1-3-6-8(5)7-4-2/h5,13,15H,2,4,6-11H2,1,3H3;1-2H,3-6H2;3-4,8H,1-2H2. The Kier molecular flexibility index (Phi) is 25.2. The van der Waals surface area contributed by atoms with Crippen LogP contribution in [-0.2, 0) is 36.5 Å². The van der Waals surface area contributed by atoms with Crippen molar-refractivity contribution in [3.63, 3.8) is 0 Å². The largest absolute Gasteiger partial charge is 0.474 e. The molecule has 11 heteroatoms. The second-order valence-electron chi connectivity index (χ2n) is 6.75. The number of phosphoric ester groups is 1. The number of carbonyl (C=O) groups excluding carboxylic acids is 1. The number of hydrogen-bond acceptors (Lipinski definition) is 9. The Morgan fingerprint density at radius 2 is 1.62 bits per heavy atom. The number of hydrogen-bond donors (Lipinski definition) is 1. The SMILES string of the molecule is C1=CCCCC1.C=CC(=O)C(O)COP(=O)(OCC)OCCCCCC.C=CO[PH](=O)OC=C. The molecule has 0 heterocycles. The van der Waals surface area contributed by atoms with Gasteiger partial charge in [0.2, 0.25) is 0 Å². The monoisotopic (exact) mass is 524 g/mol. The lowest BCUT2D eigenvalue weighted by atomic mass is 10.1. The van der Waals surface area contributed by atoms with Crippen LogP contribution in [0.1, 0.15) is 65.2 Å². The van der Waals surface area contributed by atoms with E-state index in [9.17, 15) is 19.0 Å². The molecular weight excluding hydrogens is 482 g/mol. The van der Waals surface area contributed by atoms with Gasteiger partial charge < -0.3 is 14.2 Å². The summed E-state index contributed by atoms with van der Waals surface area (Å²) >= 11 is 0. The fourth-order valence-electron chi connectivity index (χ4n) is 2.28. The Hall–Kier alpha value is -1.47. The maximum Gasteiger partial charge on any atom is 0.474 e. The molecule has 198 valence electrons. The predicted octanol–water partition coefficient (Wildman–Crippen LogP) is 6.67. The maximum absolute atomic E-state index is 12.1. The summed E-state index contributed by atoms with van der Waals surface area (Å²) < 4.78 is 46.0. The third kappa shape index (κ3) is 22.3. The van der Waals surface area contributed by atoms with E-state index in [1.54, 1.807) is 6.92 Å². The van der Waals surface area contributed by atoms with E-state index in [4.69, 9.17) is 13.6 Å². The van der Waals surface area contributed by atoms with E-state index < -0.39 is 34.6 Å². The van der Waals surface area contributed by atoms with Crippen molar-refractivity contribution in [1.82, 2.24) is 0 Å². The summed E-state index contributed by atoms with van der Waals surface area (Å²) in [6.45, 7) is 13.3. The highest BCUT2D eigenvalue weighted by molar-refractivity contribution is 7.48. The topological polar surface area (TPSA) is 118 Å². The Morgan fingerprint density at radius 3 is 2.03 bits per heavy atom. The van der Waals surface area contributed by atoms with Crippen molar-refractivity contribution < 1.29 is 41.6 Å². The number of unbranched alkanes of at least 4 members (excludes halogenated alkanes) is 3. The van der Waals surface area contributed by atoms with E-state index in [1.165, 1.54) is 25.7 Å². The first-order valence-electron chi connectivity index (χ1n) is 11.4. The molecule has 1 aliphatic carbocycles. The first-order valence-corrected chi connectivity index (χ1v) is 14.1. The van der Waals surface area contributed by atoms with Gasteiger partial charge in [-0.15, -0.1) is 0 Å². The summed E-state index contributed by atoms with van der Waals surface area (Å²) in [7, 11) is -6.10. The molecule has 0 bridgehead atoms. The van der Waals surface area contributed by atoms with Gasteiger partial charge in [-0.05, 0) is 45.1 Å². The predicted molar refractivity (Wildman–Crippen MR) is 136 cm³/mol. The smallest absolute Gasteiger partial charge is 0.427 e. The molecule has 1 aliphatic rings. The highest BCUT2D eigenvalue weighted by Crippen LogP contribution is 2.49. The minimum Gasteiger partial charge on any atom is -0.427 e. The first-order chi connectivity index (χ1) is 16.3. The summed E-state index contributed by atoms with van der Waals surface area (Å²) in [4.78, 5) is 11.1.